The number of benzene rings is 2. The predicted octanol–water partition coefficient (Wildman–Crippen LogP) is 4.18. The van der Waals surface area contributed by atoms with Crippen molar-refractivity contribution in [2.24, 2.45) is 0 Å². The van der Waals surface area contributed by atoms with Crippen LogP contribution < -0.4 is 10.6 Å². The smallest absolute Gasteiger partial charge is 0.338 e. The molecule has 0 saturated carbocycles. The van der Waals surface area contributed by atoms with E-state index < -0.39 is 29.4 Å². The van der Waals surface area contributed by atoms with E-state index >= 15 is 0 Å². The van der Waals surface area contributed by atoms with Crippen LogP contribution in [0.4, 0.5) is 14.6 Å². The van der Waals surface area contributed by atoms with Crippen molar-refractivity contribution in [2.45, 2.75) is 20.1 Å². The molecule has 4 rings (SSSR count). The summed E-state index contributed by atoms with van der Waals surface area (Å²) in [4.78, 5) is 41.2. The summed E-state index contributed by atoms with van der Waals surface area (Å²) in [5.74, 6) is -3.87. The third-order valence-corrected chi connectivity index (χ3v) is 5.28. The van der Waals surface area contributed by atoms with Crippen LogP contribution in [0.2, 0.25) is 5.02 Å². The number of nitrogens with one attached hydrogen (secondary N) is 3. The molecule has 0 aliphatic carbocycles. The molecule has 0 bridgehead atoms. The van der Waals surface area contributed by atoms with Crippen LogP contribution in [0.3, 0.4) is 0 Å². The number of hydrogen-bond donors (Lipinski definition) is 3. The van der Waals surface area contributed by atoms with Crippen molar-refractivity contribution in [3.8, 4) is 0 Å². The van der Waals surface area contributed by atoms with E-state index in [1.54, 1.807) is 37.3 Å². The Morgan fingerprint density at radius 3 is 2.57 bits per heavy atom. The standard InChI is InChI=1S/C24H18ClF2N5O5/c1-12-29-19(11-36-24(35)13-5-3-2-4-6-13)20(37-12)10-28-23(34)18-9-21(32-31-18)30-22(33)14-7-16(26)17(27)8-15(14)25/h2-9H,10-11H2,1H3,(H,28,34)(H2,30,31,32,33). The molecule has 0 fully saturated rings. The number of rotatable bonds is 8. The Kier molecular flexibility index (Phi) is 7.58. The highest BCUT2D eigenvalue weighted by Gasteiger charge is 2.19. The van der Waals surface area contributed by atoms with E-state index in [4.69, 9.17) is 20.8 Å². The zero-order valence-corrected chi connectivity index (χ0v) is 19.9. The number of ether oxygens (including phenoxy) is 1. The Morgan fingerprint density at radius 2 is 1.81 bits per heavy atom. The number of halogens is 3. The Balaban J connectivity index is 1.35. The van der Waals surface area contributed by atoms with Crippen LogP contribution in [0, 0.1) is 18.6 Å². The minimum absolute atomic E-state index is 0.0139. The maximum absolute atomic E-state index is 13.5. The second-order valence-corrected chi connectivity index (χ2v) is 8.00. The third kappa shape index (κ3) is 6.16. The number of aromatic nitrogens is 3. The first-order chi connectivity index (χ1) is 17.7. The molecule has 0 aliphatic rings. The number of H-pyrrole nitrogens is 1. The van der Waals surface area contributed by atoms with E-state index in [-0.39, 0.29) is 41.0 Å². The largest absolute Gasteiger partial charge is 0.455 e. The van der Waals surface area contributed by atoms with Crippen molar-refractivity contribution in [2.75, 3.05) is 5.32 Å². The molecule has 0 saturated heterocycles. The summed E-state index contributed by atoms with van der Waals surface area (Å²) in [5, 5.41) is 10.9. The number of carbonyl (C=O) groups is 3. The topological polar surface area (TPSA) is 139 Å². The summed E-state index contributed by atoms with van der Waals surface area (Å²) >= 11 is 5.80. The summed E-state index contributed by atoms with van der Waals surface area (Å²) < 4.78 is 37.5. The Hall–Kier alpha value is -4.58. The fraction of sp³-hybridized carbons (Fsp3) is 0.125. The highest BCUT2D eigenvalue weighted by atomic mass is 35.5. The summed E-state index contributed by atoms with van der Waals surface area (Å²) in [6, 6.07) is 11.0. The first kappa shape index (κ1) is 25.5. The van der Waals surface area contributed by atoms with Gasteiger partial charge in [0, 0.05) is 13.0 Å². The average Bonchev–Trinajstić information content (AvgIpc) is 3.49. The molecular formula is C24H18ClF2N5O5. The molecule has 0 radical (unpaired) electrons. The normalized spacial score (nSPS) is 10.7. The van der Waals surface area contributed by atoms with Crippen molar-refractivity contribution < 1.29 is 32.3 Å². The maximum atomic E-state index is 13.5. The van der Waals surface area contributed by atoms with Crippen molar-refractivity contribution in [1.82, 2.24) is 20.5 Å². The number of anilines is 1. The molecule has 2 amide bonds. The van der Waals surface area contributed by atoms with E-state index in [1.165, 1.54) is 6.07 Å². The summed E-state index contributed by atoms with van der Waals surface area (Å²) in [7, 11) is 0. The van der Waals surface area contributed by atoms with Gasteiger partial charge in [-0.1, -0.05) is 29.8 Å². The van der Waals surface area contributed by atoms with Gasteiger partial charge < -0.3 is 19.8 Å². The second-order valence-electron chi connectivity index (χ2n) is 7.59. The highest BCUT2D eigenvalue weighted by molar-refractivity contribution is 6.34. The molecule has 0 spiro atoms. The fourth-order valence-corrected chi connectivity index (χ4v) is 3.43. The van der Waals surface area contributed by atoms with Gasteiger partial charge in [0.1, 0.15) is 23.8 Å². The van der Waals surface area contributed by atoms with E-state index in [2.05, 4.69) is 25.8 Å². The van der Waals surface area contributed by atoms with Crippen LogP contribution >= 0.6 is 11.6 Å². The second kappa shape index (κ2) is 11.0. The van der Waals surface area contributed by atoms with E-state index in [9.17, 15) is 23.2 Å². The number of hydrogen-bond acceptors (Lipinski definition) is 7. The third-order valence-electron chi connectivity index (χ3n) is 4.96. The molecule has 37 heavy (non-hydrogen) atoms. The first-order valence-electron chi connectivity index (χ1n) is 10.7. The van der Waals surface area contributed by atoms with Gasteiger partial charge in [0.15, 0.2) is 23.3 Å². The Labute approximate surface area is 213 Å². The van der Waals surface area contributed by atoms with Gasteiger partial charge in [-0.25, -0.2) is 18.6 Å². The number of nitrogens with zero attached hydrogens (tertiary/aromatic N) is 2. The van der Waals surface area contributed by atoms with Gasteiger partial charge >= 0.3 is 5.97 Å². The Morgan fingerprint density at radius 1 is 1.08 bits per heavy atom. The maximum Gasteiger partial charge on any atom is 0.338 e. The monoisotopic (exact) mass is 529 g/mol. The van der Waals surface area contributed by atoms with Crippen LogP contribution in [0.25, 0.3) is 0 Å². The number of amides is 2. The van der Waals surface area contributed by atoms with Crippen molar-refractivity contribution >= 4 is 35.2 Å². The van der Waals surface area contributed by atoms with Gasteiger partial charge in [-0.2, -0.15) is 5.10 Å². The number of oxazole rings is 1. The number of aryl methyl sites for hydroxylation is 1. The van der Waals surface area contributed by atoms with Crippen LogP contribution in [-0.4, -0.2) is 33.0 Å². The number of carbonyl (C=O) groups excluding carboxylic acids is 3. The molecular weight excluding hydrogens is 512 g/mol. The van der Waals surface area contributed by atoms with E-state index in [1.807, 2.05) is 0 Å². The molecule has 2 aromatic heterocycles. The number of aromatic amines is 1. The summed E-state index contributed by atoms with van der Waals surface area (Å²) in [6.07, 6.45) is 0. The quantitative estimate of drug-likeness (QED) is 0.230. The van der Waals surface area contributed by atoms with Gasteiger partial charge in [0.2, 0.25) is 0 Å². The highest BCUT2D eigenvalue weighted by Crippen LogP contribution is 2.21. The molecule has 190 valence electrons. The molecule has 0 unspecified atom stereocenters. The molecule has 3 N–H and O–H groups in total. The molecule has 0 atom stereocenters. The molecule has 2 heterocycles. The lowest BCUT2D eigenvalue weighted by Crippen LogP contribution is -2.23. The van der Waals surface area contributed by atoms with E-state index in [0.29, 0.717) is 29.3 Å². The van der Waals surface area contributed by atoms with Gasteiger partial charge in [0.25, 0.3) is 11.8 Å². The lowest BCUT2D eigenvalue weighted by atomic mass is 10.2. The predicted molar refractivity (Wildman–Crippen MR) is 126 cm³/mol. The summed E-state index contributed by atoms with van der Waals surface area (Å²) in [6.45, 7) is 1.36. The molecule has 13 heteroatoms. The zero-order valence-electron chi connectivity index (χ0n) is 19.1. The van der Waals surface area contributed by atoms with Crippen molar-refractivity contribution in [3.05, 3.63) is 99.4 Å². The van der Waals surface area contributed by atoms with Gasteiger partial charge in [-0.3, -0.25) is 14.7 Å². The van der Waals surface area contributed by atoms with Gasteiger partial charge in [-0.05, 0) is 24.3 Å². The number of esters is 1. The summed E-state index contributed by atoms with van der Waals surface area (Å²) in [5.41, 5.74) is 0.394. The molecule has 10 nitrogen and oxygen atoms in total. The van der Waals surface area contributed by atoms with E-state index in [0.717, 1.165) is 0 Å². The molecule has 4 aromatic rings. The van der Waals surface area contributed by atoms with Crippen LogP contribution in [0.15, 0.2) is 52.9 Å². The minimum atomic E-state index is -1.24. The Bertz CT molecular complexity index is 1470. The SMILES string of the molecule is Cc1nc(COC(=O)c2ccccc2)c(CNC(=O)c2cc(NC(=O)c3cc(F)c(F)cc3Cl)n[nH]2)o1. The molecule has 2 aromatic carbocycles. The van der Waals surface area contributed by atoms with Crippen molar-refractivity contribution in [1.29, 1.82) is 0 Å². The first-order valence-corrected chi connectivity index (χ1v) is 11.1. The average molecular weight is 530 g/mol. The van der Waals surface area contributed by atoms with Gasteiger partial charge in [0.05, 0.1) is 22.7 Å². The van der Waals surface area contributed by atoms with Crippen molar-refractivity contribution in [3.63, 3.8) is 0 Å². The van der Waals surface area contributed by atoms with Crippen LogP contribution in [0.5, 0.6) is 0 Å². The van der Waals surface area contributed by atoms with Gasteiger partial charge in [-0.15, -0.1) is 0 Å². The zero-order chi connectivity index (χ0) is 26.5. The lowest BCUT2D eigenvalue weighted by Gasteiger charge is -2.05. The fourth-order valence-electron chi connectivity index (χ4n) is 3.19. The van der Waals surface area contributed by atoms with Crippen LogP contribution in [-0.2, 0) is 17.9 Å². The van der Waals surface area contributed by atoms with Crippen LogP contribution in [0.1, 0.15) is 48.5 Å². The lowest BCUT2D eigenvalue weighted by molar-refractivity contribution is 0.0465. The minimum Gasteiger partial charge on any atom is -0.455 e. The molecule has 0 aliphatic heterocycles.